The summed E-state index contributed by atoms with van der Waals surface area (Å²) in [4.78, 5) is 21.2. The number of benzene rings is 1. The number of fused-ring (bicyclic) bond motifs is 2. The van der Waals surface area contributed by atoms with Gasteiger partial charge in [0, 0.05) is 34.8 Å². The summed E-state index contributed by atoms with van der Waals surface area (Å²) in [6, 6.07) is 9.90. The van der Waals surface area contributed by atoms with Crippen molar-refractivity contribution in [2.45, 2.75) is 19.3 Å². The van der Waals surface area contributed by atoms with Crippen molar-refractivity contribution >= 4 is 49.2 Å². The van der Waals surface area contributed by atoms with Gasteiger partial charge in [-0.1, -0.05) is 27.3 Å². The zero-order valence-corrected chi connectivity index (χ0v) is 16.7. The maximum absolute atomic E-state index is 12.4. The number of hydrogen-bond donors (Lipinski definition) is 1. The molecule has 1 aliphatic rings. The smallest absolute Gasteiger partial charge is 0.226 e. The first-order valence-corrected chi connectivity index (χ1v) is 10.1. The van der Waals surface area contributed by atoms with E-state index in [0.29, 0.717) is 12.2 Å². The number of aromatic nitrogens is 4. The average Bonchev–Trinajstić information content (AvgIpc) is 3.22. The number of amides is 1. The molecule has 5 rings (SSSR count). The lowest BCUT2D eigenvalue weighted by molar-refractivity contribution is -0.116. The van der Waals surface area contributed by atoms with Crippen LogP contribution in [0.3, 0.4) is 0 Å². The minimum atomic E-state index is -0.0333. The Morgan fingerprint density at radius 1 is 1.26 bits per heavy atom. The summed E-state index contributed by atoms with van der Waals surface area (Å²) in [6.45, 7) is 1.98. The Labute approximate surface area is 167 Å². The maximum atomic E-state index is 12.4. The fourth-order valence-corrected chi connectivity index (χ4v) is 5.02. The zero-order valence-electron chi connectivity index (χ0n) is 14.3. The third-order valence-electron chi connectivity index (χ3n) is 4.73. The SMILES string of the molecule is Cc1nn(-c2nc3ccc(Br)cc3s2)c2c1[C@H](c1ccncc1)CC(=O)N2. The van der Waals surface area contributed by atoms with Crippen molar-refractivity contribution in [3.05, 3.63) is 64.0 Å². The van der Waals surface area contributed by atoms with Crippen LogP contribution in [0.1, 0.15) is 29.2 Å². The number of rotatable bonds is 2. The molecule has 0 spiro atoms. The Hall–Kier alpha value is -2.58. The first-order valence-electron chi connectivity index (χ1n) is 8.46. The van der Waals surface area contributed by atoms with Gasteiger partial charge in [0.2, 0.25) is 11.0 Å². The summed E-state index contributed by atoms with van der Waals surface area (Å²) in [5.74, 6) is 0.659. The van der Waals surface area contributed by atoms with E-state index < -0.39 is 0 Å². The van der Waals surface area contributed by atoms with Crippen molar-refractivity contribution in [2.75, 3.05) is 5.32 Å². The highest BCUT2D eigenvalue weighted by Crippen LogP contribution is 2.41. The summed E-state index contributed by atoms with van der Waals surface area (Å²) in [5, 5.41) is 8.46. The molecule has 8 heteroatoms. The van der Waals surface area contributed by atoms with E-state index in [9.17, 15) is 4.79 Å². The molecule has 0 saturated heterocycles. The Bertz CT molecular complexity index is 1180. The van der Waals surface area contributed by atoms with E-state index in [1.165, 1.54) is 0 Å². The third-order valence-corrected chi connectivity index (χ3v) is 6.22. The molecule has 1 N–H and O–H groups in total. The van der Waals surface area contributed by atoms with Gasteiger partial charge < -0.3 is 5.32 Å². The van der Waals surface area contributed by atoms with Crippen LogP contribution in [0.25, 0.3) is 15.3 Å². The van der Waals surface area contributed by atoms with Gasteiger partial charge in [-0.2, -0.15) is 9.78 Å². The van der Waals surface area contributed by atoms with Crippen LogP contribution in [-0.4, -0.2) is 25.7 Å². The van der Waals surface area contributed by atoms with Crippen LogP contribution < -0.4 is 5.32 Å². The van der Waals surface area contributed by atoms with Crippen molar-refractivity contribution in [1.29, 1.82) is 0 Å². The lowest BCUT2D eigenvalue weighted by Gasteiger charge is -2.23. The fourth-order valence-electron chi connectivity index (χ4n) is 3.54. The van der Waals surface area contributed by atoms with Crippen LogP contribution in [0, 0.1) is 6.92 Å². The number of anilines is 1. The van der Waals surface area contributed by atoms with E-state index in [0.717, 1.165) is 36.6 Å². The maximum Gasteiger partial charge on any atom is 0.226 e. The predicted octanol–water partition coefficient (Wildman–Crippen LogP) is 4.42. The van der Waals surface area contributed by atoms with Gasteiger partial charge in [0.05, 0.1) is 15.9 Å². The van der Waals surface area contributed by atoms with Gasteiger partial charge in [0.15, 0.2) is 0 Å². The molecule has 0 bridgehead atoms. The molecule has 4 heterocycles. The molecule has 0 unspecified atom stereocenters. The van der Waals surface area contributed by atoms with Gasteiger partial charge in [-0.15, -0.1) is 0 Å². The molecular weight excluding hydrogens is 426 g/mol. The topological polar surface area (TPSA) is 72.7 Å². The lowest BCUT2D eigenvalue weighted by Crippen LogP contribution is -2.24. The van der Waals surface area contributed by atoms with Crippen molar-refractivity contribution in [3.8, 4) is 5.13 Å². The lowest BCUT2D eigenvalue weighted by atomic mass is 9.86. The Morgan fingerprint density at radius 3 is 2.89 bits per heavy atom. The monoisotopic (exact) mass is 439 g/mol. The molecule has 1 aliphatic heterocycles. The van der Waals surface area contributed by atoms with E-state index in [2.05, 4.69) is 26.2 Å². The Morgan fingerprint density at radius 2 is 2.07 bits per heavy atom. The molecule has 1 aromatic carbocycles. The van der Waals surface area contributed by atoms with Gasteiger partial charge in [-0.3, -0.25) is 9.78 Å². The zero-order chi connectivity index (χ0) is 18.5. The molecular formula is C19H14BrN5OS. The first-order chi connectivity index (χ1) is 13.1. The van der Waals surface area contributed by atoms with Crippen LogP contribution in [-0.2, 0) is 4.79 Å². The van der Waals surface area contributed by atoms with E-state index >= 15 is 0 Å². The number of aryl methyl sites for hydroxylation is 1. The van der Waals surface area contributed by atoms with Crippen LogP contribution >= 0.6 is 27.3 Å². The number of nitrogens with one attached hydrogen (secondary N) is 1. The summed E-state index contributed by atoms with van der Waals surface area (Å²) >= 11 is 5.05. The van der Waals surface area contributed by atoms with Gasteiger partial charge >= 0.3 is 0 Å². The van der Waals surface area contributed by atoms with E-state index in [1.807, 2.05) is 37.3 Å². The Balaban J connectivity index is 1.68. The van der Waals surface area contributed by atoms with Crippen molar-refractivity contribution < 1.29 is 4.79 Å². The molecule has 0 fully saturated rings. The fraction of sp³-hybridized carbons (Fsp3) is 0.158. The highest BCUT2D eigenvalue weighted by Gasteiger charge is 2.33. The summed E-state index contributed by atoms with van der Waals surface area (Å²) in [7, 11) is 0. The molecule has 134 valence electrons. The minimum Gasteiger partial charge on any atom is -0.310 e. The van der Waals surface area contributed by atoms with Crippen molar-refractivity contribution in [3.63, 3.8) is 0 Å². The van der Waals surface area contributed by atoms with Gasteiger partial charge in [0.1, 0.15) is 5.82 Å². The van der Waals surface area contributed by atoms with Crippen LogP contribution in [0.4, 0.5) is 5.82 Å². The van der Waals surface area contributed by atoms with Crippen LogP contribution in [0.15, 0.2) is 47.2 Å². The molecule has 3 aromatic heterocycles. The first kappa shape index (κ1) is 16.6. The molecule has 0 saturated carbocycles. The molecule has 0 radical (unpaired) electrons. The summed E-state index contributed by atoms with van der Waals surface area (Å²) in [5.41, 5.74) is 3.92. The second kappa shape index (κ2) is 6.24. The second-order valence-electron chi connectivity index (χ2n) is 6.45. The molecule has 1 amide bonds. The van der Waals surface area contributed by atoms with E-state index in [1.54, 1.807) is 28.4 Å². The standard InChI is InChI=1S/C19H14BrN5OS/c1-10-17-13(11-4-6-21-7-5-11)9-16(26)23-18(17)25(24-10)19-22-14-3-2-12(20)8-15(14)27-19/h2-8,13H,9H2,1H3,(H,23,26)/t13-/m0/s1. The quantitative estimate of drug-likeness (QED) is 0.501. The number of halogens is 1. The van der Waals surface area contributed by atoms with E-state index in [4.69, 9.17) is 10.1 Å². The molecule has 6 nitrogen and oxygen atoms in total. The number of nitrogens with zero attached hydrogens (tertiary/aromatic N) is 4. The van der Waals surface area contributed by atoms with Gasteiger partial charge in [-0.05, 0) is 42.8 Å². The van der Waals surface area contributed by atoms with Crippen molar-refractivity contribution in [2.24, 2.45) is 0 Å². The van der Waals surface area contributed by atoms with Crippen molar-refractivity contribution in [1.82, 2.24) is 19.7 Å². The molecule has 4 aromatic rings. The van der Waals surface area contributed by atoms with Gasteiger partial charge in [-0.25, -0.2) is 4.98 Å². The largest absolute Gasteiger partial charge is 0.310 e. The highest BCUT2D eigenvalue weighted by atomic mass is 79.9. The normalized spacial score (nSPS) is 16.4. The number of hydrogen-bond acceptors (Lipinski definition) is 5. The van der Waals surface area contributed by atoms with Gasteiger partial charge in [0.25, 0.3) is 0 Å². The average molecular weight is 440 g/mol. The third kappa shape index (κ3) is 2.76. The number of carbonyl (C=O) groups is 1. The molecule has 1 atom stereocenters. The highest BCUT2D eigenvalue weighted by molar-refractivity contribution is 9.10. The van der Waals surface area contributed by atoms with E-state index in [-0.39, 0.29) is 11.8 Å². The second-order valence-corrected chi connectivity index (χ2v) is 8.38. The number of pyridine rings is 1. The van der Waals surface area contributed by atoms with Crippen LogP contribution in [0.2, 0.25) is 0 Å². The summed E-state index contributed by atoms with van der Waals surface area (Å²) in [6.07, 6.45) is 3.91. The Kier molecular flexibility index (Phi) is 3.84. The van der Waals surface area contributed by atoms with Crippen LogP contribution in [0.5, 0.6) is 0 Å². The number of thiazole rings is 1. The number of carbonyl (C=O) groups excluding carboxylic acids is 1. The molecule has 0 aliphatic carbocycles. The minimum absolute atomic E-state index is 0.0192. The predicted molar refractivity (Wildman–Crippen MR) is 109 cm³/mol. The summed E-state index contributed by atoms with van der Waals surface area (Å²) < 4.78 is 3.83. The molecule has 27 heavy (non-hydrogen) atoms.